The molecular weight excluding hydrogens is 841 g/mol. The molecule has 0 saturated carbocycles. The average molecular weight is 901 g/mol. The smallest absolute Gasteiger partial charge is 0.404 e. The van der Waals surface area contributed by atoms with E-state index in [9.17, 15) is 19.2 Å². The molecule has 2 aromatic heterocycles. The third-order valence-corrected chi connectivity index (χ3v) is 4.52. The monoisotopic (exact) mass is 900 g/mol. The summed E-state index contributed by atoms with van der Waals surface area (Å²) in [5, 5.41) is 41.1. The number of methoxy groups -OCH3 is 1. The van der Waals surface area contributed by atoms with E-state index in [4.69, 9.17) is 65.4 Å². The van der Waals surface area contributed by atoms with Gasteiger partial charge in [-0.05, 0) is 26.2 Å². The number of pyridine rings is 1. The van der Waals surface area contributed by atoms with E-state index < -0.39 is 12.1 Å². The van der Waals surface area contributed by atoms with E-state index in [0.29, 0.717) is 24.4 Å². The predicted molar refractivity (Wildman–Crippen MR) is 251 cm³/mol. The van der Waals surface area contributed by atoms with Crippen LogP contribution in [0.2, 0.25) is 0 Å². The molecule has 0 spiro atoms. The minimum Gasteiger partial charge on any atom is -0.449 e. The first-order valence-corrected chi connectivity index (χ1v) is 17.8. The number of carbonyl (C=O) groups is 4. The van der Waals surface area contributed by atoms with Gasteiger partial charge in [-0.2, -0.15) is 0 Å². The number of primary amides is 2. The van der Waals surface area contributed by atoms with E-state index in [1.54, 1.807) is 19.4 Å². The van der Waals surface area contributed by atoms with Gasteiger partial charge < -0.3 is 67.6 Å². The lowest BCUT2D eigenvalue weighted by Gasteiger charge is -2.01. The number of hydrogen-bond donors (Lipinski definition) is 11. The fraction of sp³-hybridized carbons (Fsp3) is 0.333. The second kappa shape index (κ2) is 67.2. The third-order valence-electron chi connectivity index (χ3n) is 4.52. The zero-order valence-corrected chi connectivity index (χ0v) is 36.8. The summed E-state index contributed by atoms with van der Waals surface area (Å²) in [6.45, 7) is 1.71. The topological polar surface area (TPSA) is 313 Å². The summed E-state index contributed by atoms with van der Waals surface area (Å²) in [5.74, 6) is 22.5. The Balaban J connectivity index is -0.000000118. The Kier molecular flexibility index (Phi) is 73.4. The number of urea groups is 2. The van der Waals surface area contributed by atoms with Crippen LogP contribution in [-0.2, 0) is 9.47 Å². The summed E-state index contributed by atoms with van der Waals surface area (Å²) in [4.78, 5) is 53.2. The summed E-state index contributed by atoms with van der Waals surface area (Å²) >= 11 is 0. The van der Waals surface area contributed by atoms with E-state index in [-0.39, 0.29) is 71.2 Å². The van der Waals surface area contributed by atoms with Crippen LogP contribution in [0.3, 0.4) is 0 Å². The first kappa shape index (κ1) is 71.0. The van der Waals surface area contributed by atoms with Crippen LogP contribution >= 0.6 is 0 Å². The van der Waals surface area contributed by atoms with Crippen molar-refractivity contribution in [1.29, 1.82) is 0 Å². The summed E-state index contributed by atoms with van der Waals surface area (Å²) < 4.78 is 8.73. The molecular formula is C45H60N10O10. The number of amides is 6. The minimum absolute atomic E-state index is 0.0660. The van der Waals surface area contributed by atoms with Crippen LogP contribution in [0.15, 0.2) is 36.9 Å². The van der Waals surface area contributed by atoms with Gasteiger partial charge in [0.15, 0.2) is 0 Å². The molecule has 13 N–H and O–H groups in total. The number of nitrogens with one attached hydrogen (secondary N) is 5. The lowest BCUT2D eigenvalue weighted by molar-refractivity contribution is 0.0954. The standard InChI is InChI=1S/C7H7N3O.C7H5N.C6H10N2O2.C5H7NO2.C5H9N.C4H6N2O.C4H6O2.C4H6O.C3H4O/c1-2-3-9-7(11)6-4-8-5-10-6;1-2-7-5-3-4-6-8-7;1-2-3-7-6(10)8-4-5-9;1-2-3-4-8-5(6)7;1-4-5-6(2)3;1-2-3-6-4(5)7;5-3-1-2-4-6;1-3-4-5-2;1-2-3-4/h1,4-5H,3H2,(H,8,10)(H,9,11);1,3-6H;1,9H,3-5H2,(H2,7,8,10);1H,3-4H2,(H2,6,7);1H,5H2,2-3H3;1H,3H2,(H3,5,6,7);5-6H,3-4H2;1H,4H2,2H3;1,4H,3H2. The van der Waals surface area contributed by atoms with E-state index >= 15 is 0 Å². The van der Waals surface area contributed by atoms with E-state index in [0.717, 1.165) is 6.54 Å². The van der Waals surface area contributed by atoms with Crippen molar-refractivity contribution < 1.29 is 49.1 Å². The second-order valence-electron chi connectivity index (χ2n) is 9.90. The lowest BCUT2D eigenvalue weighted by Crippen LogP contribution is -2.37. The number of ether oxygens (including phenoxy) is 2. The molecule has 0 bridgehead atoms. The van der Waals surface area contributed by atoms with Crippen molar-refractivity contribution in [1.82, 2.24) is 41.1 Å². The molecule has 350 valence electrons. The number of H-pyrrole nitrogens is 1. The summed E-state index contributed by atoms with van der Waals surface area (Å²) in [5.41, 5.74) is 10.3. The highest BCUT2D eigenvalue weighted by Crippen LogP contribution is 1.88. The molecule has 6 amide bonds. The molecule has 0 aliphatic heterocycles. The van der Waals surface area contributed by atoms with Crippen LogP contribution in [0.4, 0.5) is 14.4 Å². The van der Waals surface area contributed by atoms with Gasteiger partial charge in [0.2, 0.25) is 0 Å². The Bertz CT molecular complexity index is 1850. The molecule has 0 saturated heterocycles. The van der Waals surface area contributed by atoms with Gasteiger partial charge in [0.1, 0.15) is 44.4 Å². The molecule has 0 radical (unpaired) electrons. The highest BCUT2D eigenvalue weighted by atomic mass is 16.5. The van der Waals surface area contributed by atoms with Crippen molar-refractivity contribution in [2.45, 2.75) is 6.42 Å². The van der Waals surface area contributed by atoms with E-state index in [1.165, 1.54) is 12.5 Å². The number of aliphatic hydroxyl groups excluding tert-OH is 4. The van der Waals surface area contributed by atoms with Crippen LogP contribution in [0, 0.1) is 111 Å². The van der Waals surface area contributed by atoms with E-state index in [2.05, 4.69) is 117 Å². The number of aliphatic hydroxyl groups is 4. The van der Waals surface area contributed by atoms with Gasteiger partial charge >= 0.3 is 18.2 Å². The third kappa shape index (κ3) is 87.9. The second-order valence-corrected chi connectivity index (χ2v) is 9.90. The number of aromatic nitrogens is 3. The molecule has 0 atom stereocenters. The molecule has 20 nitrogen and oxygen atoms in total. The number of aromatic amines is 1. The lowest BCUT2D eigenvalue weighted by atomic mass is 10.4. The Morgan fingerprint density at radius 1 is 0.769 bits per heavy atom. The van der Waals surface area contributed by atoms with Gasteiger partial charge in [0.05, 0.1) is 45.3 Å². The van der Waals surface area contributed by atoms with Crippen LogP contribution in [0.1, 0.15) is 22.6 Å². The van der Waals surface area contributed by atoms with Gasteiger partial charge in [0.25, 0.3) is 5.91 Å². The number of carbonyl (C=O) groups excluding carboxylic acids is 4. The minimum atomic E-state index is -0.778. The maximum absolute atomic E-state index is 11.0. The van der Waals surface area contributed by atoms with Crippen molar-refractivity contribution in [3.63, 3.8) is 0 Å². The van der Waals surface area contributed by atoms with Crippen LogP contribution in [0.25, 0.3) is 0 Å². The normalized spacial score (nSPS) is 7.45. The Hall–Kier alpha value is -8.56. The maximum atomic E-state index is 11.0. The van der Waals surface area contributed by atoms with Gasteiger partial charge in [0, 0.05) is 26.3 Å². The fourth-order valence-electron chi connectivity index (χ4n) is 2.14. The molecule has 0 aliphatic carbocycles. The molecule has 20 heteroatoms. The number of imidazole rings is 1. The van der Waals surface area contributed by atoms with Gasteiger partial charge in [-0.3, -0.25) is 9.69 Å². The highest BCUT2D eigenvalue weighted by molar-refractivity contribution is 5.92. The van der Waals surface area contributed by atoms with Crippen molar-refractivity contribution in [3.8, 4) is 111 Å². The summed E-state index contributed by atoms with van der Waals surface area (Å²) in [6.07, 6.45) is 42.8. The molecule has 2 aromatic rings. The van der Waals surface area contributed by atoms with Gasteiger partial charge in [-0.25, -0.2) is 24.4 Å². The van der Waals surface area contributed by atoms with Gasteiger partial charge in [-0.1, -0.05) is 59.4 Å². The van der Waals surface area contributed by atoms with E-state index in [1.807, 2.05) is 37.0 Å². The van der Waals surface area contributed by atoms with Crippen molar-refractivity contribution in [2.24, 2.45) is 11.5 Å². The van der Waals surface area contributed by atoms with Crippen molar-refractivity contribution in [2.75, 3.05) is 93.6 Å². The molecule has 2 rings (SSSR count). The number of nitrogens with zero attached hydrogens (tertiary/aromatic N) is 3. The van der Waals surface area contributed by atoms with Gasteiger partial charge in [-0.15, -0.1) is 57.3 Å². The predicted octanol–water partition coefficient (Wildman–Crippen LogP) is -1.83. The number of rotatable bonds is 10. The SMILES string of the molecule is C#CCCOC(N)=O.C#CCN(C)C.C#CCNC(=O)NCCO.C#CCNC(=O)c1cnc[nH]1.C#CCNC(N)=O.C#CCO.C#CCOC.C#Cc1ccccn1.OCC#CCO. The number of nitrogens with two attached hydrogens (primary N) is 2. The summed E-state index contributed by atoms with van der Waals surface area (Å²) in [7, 11) is 5.46. The molecule has 2 heterocycles. The van der Waals surface area contributed by atoms with Crippen LogP contribution in [-0.4, -0.2) is 158 Å². The largest absolute Gasteiger partial charge is 0.449 e. The number of terminal acetylenes is 8. The zero-order chi connectivity index (χ0) is 51.2. The zero-order valence-electron chi connectivity index (χ0n) is 36.8. The molecule has 65 heavy (non-hydrogen) atoms. The molecule has 0 unspecified atom stereocenters. The molecule has 0 aliphatic rings. The Morgan fingerprint density at radius 2 is 1.34 bits per heavy atom. The first-order valence-electron chi connectivity index (χ1n) is 17.8. The van der Waals surface area contributed by atoms with Crippen molar-refractivity contribution >= 4 is 24.1 Å². The highest BCUT2D eigenvalue weighted by Gasteiger charge is 2.03. The Labute approximate surface area is 383 Å². The van der Waals surface area contributed by atoms with Crippen LogP contribution in [0.5, 0.6) is 0 Å². The fourth-order valence-corrected chi connectivity index (χ4v) is 2.14. The first-order chi connectivity index (χ1) is 31.1. The maximum Gasteiger partial charge on any atom is 0.404 e. The van der Waals surface area contributed by atoms with Crippen LogP contribution < -0.4 is 32.7 Å². The average Bonchev–Trinajstić information content (AvgIpc) is 3.86. The van der Waals surface area contributed by atoms with Crippen molar-refractivity contribution in [3.05, 3.63) is 48.3 Å². The molecule has 0 aromatic carbocycles. The molecule has 0 fully saturated rings. The Morgan fingerprint density at radius 3 is 1.63 bits per heavy atom. The number of hydrogen-bond acceptors (Lipinski definition) is 13. The summed E-state index contributed by atoms with van der Waals surface area (Å²) in [6, 6.07) is 4.55. The quantitative estimate of drug-likeness (QED) is 0.0926.